The van der Waals surface area contributed by atoms with E-state index in [2.05, 4.69) is 15.3 Å². The maximum absolute atomic E-state index is 13.5. The molecule has 28 heavy (non-hydrogen) atoms. The van der Waals surface area contributed by atoms with Crippen LogP contribution >= 0.6 is 0 Å². The van der Waals surface area contributed by atoms with Crippen molar-refractivity contribution >= 4 is 22.7 Å². The summed E-state index contributed by atoms with van der Waals surface area (Å²) in [6.07, 6.45) is 2.97. The summed E-state index contributed by atoms with van der Waals surface area (Å²) in [7, 11) is 0. The second kappa shape index (κ2) is 7.76. The highest BCUT2D eigenvalue weighted by Gasteiger charge is 2.27. The maximum atomic E-state index is 13.5. The molecule has 142 valence electrons. The van der Waals surface area contributed by atoms with Crippen molar-refractivity contribution in [2.24, 2.45) is 0 Å². The predicted molar refractivity (Wildman–Crippen MR) is 107 cm³/mol. The molecule has 1 aliphatic heterocycles. The molecule has 1 fully saturated rings. The third-order valence-electron chi connectivity index (χ3n) is 4.97. The lowest BCUT2D eigenvalue weighted by atomic mass is 10.1. The minimum absolute atomic E-state index is 0.0330. The van der Waals surface area contributed by atoms with Crippen molar-refractivity contribution < 1.29 is 9.59 Å². The molecule has 0 bridgehead atoms. The Bertz CT molecular complexity index is 1020. The van der Waals surface area contributed by atoms with Gasteiger partial charge in [-0.2, -0.15) is 0 Å². The van der Waals surface area contributed by atoms with E-state index in [1.807, 2.05) is 55.5 Å². The van der Waals surface area contributed by atoms with E-state index in [0.29, 0.717) is 25.1 Å². The van der Waals surface area contributed by atoms with Crippen LogP contribution < -0.4 is 5.32 Å². The van der Waals surface area contributed by atoms with E-state index in [-0.39, 0.29) is 17.9 Å². The fourth-order valence-corrected chi connectivity index (χ4v) is 3.64. The van der Waals surface area contributed by atoms with Crippen LogP contribution in [0.25, 0.3) is 10.9 Å². The number of nitrogens with one attached hydrogen (secondary N) is 1. The normalized spacial score (nSPS) is 16.2. The van der Waals surface area contributed by atoms with Crippen molar-refractivity contribution in [2.75, 3.05) is 6.54 Å². The summed E-state index contributed by atoms with van der Waals surface area (Å²) in [4.78, 5) is 35.8. The number of para-hydroxylation sites is 1. The number of hydrogen-bond acceptors (Lipinski definition) is 4. The molecule has 2 aromatic heterocycles. The van der Waals surface area contributed by atoms with E-state index in [1.54, 1.807) is 11.1 Å². The van der Waals surface area contributed by atoms with E-state index in [4.69, 9.17) is 0 Å². The molecule has 0 saturated carbocycles. The van der Waals surface area contributed by atoms with E-state index in [0.717, 1.165) is 28.7 Å². The molecular weight excluding hydrogens is 352 g/mol. The van der Waals surface area contributed by atoms with Crippen LogP contribution in [0.2, 0.25) is 0 Å². The van der Waals surface area contributed by atoms with Gasteiger partial charge in [-0.05, 0) is 37.6 Å². The highest BCUT2D eigenvalue weighted by atomic mass is 16.2. The van der Waals surface area contributed by atoms with Gasteiger partial charge in [-0.1, -0.05) is 24.3 Å². The number of nitrogens with zero attached hydrogens (tertiary/aromatic N) is 3. The van der Waals surface area contributed by atoms with Gasteiger partial charge in [0.1, 0.15) is 0 Å². The van der Waals surface area contributed by atoms with Crippen LogP contribution in [-0.4, -0.2) is 39.3 Å². The summed E-state index contributed by atoms with van der Waals surface area (Å²) < 4.78 is 0. The average molecular weight is 374 g/mol. The summed E-state index contributed by atoms with van der Waals surface area (Å²) >= 11 is 0. The molecule has 6 nitrogen and oxygen atoms in total. The standard InChI is InChI=1S/C22H22N4O2/c1-15-12-19(18-7-2-3-8-20(18)24-15)22(28)26(13-16-6-4-5-11-23-16)14-17-9-10-21(27)25-17/h2-8,11-12,17H,9-10,13-14H2,1H3,(H,25,27)/t17-/m0/s1. The zero-order chi connectivity index (χ0) is 19.5. The second-order valence-electron chi connectivity index (χ2n) is 7.14. The van der Waals surface area contributed by atoms with Crippen LogP contribution in [0.1, 0.15) is 34.6 Å². The Labute approximate surface area is 163 Å². The molecular formula is C22H22N4O2. The molecule has 6 heteroatoms. The highest BCUT2D eigenvalue weighted by Crippen LogP contribution is 2.21. The molecule has 2 amide bonds. The first-order valence-electron chi connectivity index (χ1n) is 9.45. The SMILES string of the molecule is Cc1cc(C(=O)N(Cc2ccccn2)C[C@@H]2CCC(=O)N2)c2ccccc2n1. The molecule has 1 N–H and O–H groups in total. The zero-order valence-corrected chi connectivity index (χ0v) is 15.8. The number of hydrogen-bond donors (Lipinski definition) is 1. The Balaban J connectivity index is 1.69. The van der Waals surface area contributed by atoms with Gasteiger partial charge in [-0.25, -0.2) is 0 Å². The first kappa shape index (κ1) is 18.1. The van der Waals surface area contributed by atoms with E-state index in [1.165, 1.54) is 0 Å². The van der Waals surface area contributed by atoms with Gasteiger partial charge in [0.25, 0.3) is 5.91 Å². The summed E-state index contributed by atoms with van der Waals surface area (Å²) in [6.45, 7) is 2.74. The van der Waals surface area contributed by atoms with Crippen LogP contribution in [0.4, 0.5) is 0 Å². The molecule has 0 spiro atoms. The molecule has 0 unspecified atom stereocenters. The first-order valence-corrected chi connectivity index (χ1v) is 9.45. The lowest BCUT2D eigenvalue weighted by molar-refractivity contribution is -0.119. The van der Waals surface area contributed by atoms with Gasteiger partial charge < -0.3 is 10.2 Å². The molecule has 1 aromatic carbocycles. The Morgan fingerprint density at radius 2 is 2.04 bits per heavy atom. The van der Waals surface area contributed by atoms with Crippen molar-refractivity contribution in [2.45, 2.75) is 32.4 Å². The van der Waals surface area contributed by atoms with E-state index in [9.17, 15) is 9.59 Å². The first-order chi connectivity index (χ1) is 13.6. The van der Waals surface area contributed by atoms with E-state index >= 15 is 0 Å². The minimum Gasteiger partial charge on any atom is -0.352 e. The van der Waals surface area contributed by atoms with Gasteiger partial charge in [-0.3, -0.25) is 19.6 Å². The van der Waals surface area contributed by atoms with Gasteiger partial charge >= 0.3 is 0 Å². The second-order valence-corrected chi connectivity index (χ2v) is 7.14. The van der Waals surface area contributed by atoms with Crippen LogP contribution in [0.5, 0.6) is 0 Å². The number of fused-ring (bicyclic) bond motifs is 1. The molecule has 3 heterocycles. The number of carbonyl (C=O) groups excluding carboxylic acids is 2. The van der Waals surface area contributed by atoms with Crippen LogP contribution in [0.3, 0.4) is 0 Å². The lowest BCUT2D eigenvalue weighted by Gasteiger charge is -2.26. The van der Waals surface area contributed by atoms with Crippen molar-refractivity contribution in [1.29, 1.82) is 0 Å². The highest BCUT2D eigenvalue weighted by molar-refractivity contribution is 6.06. The predicted octanol–water partition coefficient (Wildman–Crippen LogP) is 2.86. The topological polar surface area (TPSA) is 75.2 Å². The minimum atomic E-state index is -0.0755. The monoisotopic (exact) mass is 374 g/mol. The van der Waals surface area contributed by atoms with Crippen molar-refractivity contribution in [3.05, 3.63) is 71.7 Å². The van der Waals surface area contributed by atoms with Crippen molar-refractivity contribution in [3.63, 3.8) is 0 Å². The Hall–Kier alpha value is -3.28. The quantitative estimate of drug-likeness (QED) is 0.745. The van der Waals surface area contributed by atoms with Crippen molar-refractivity contribution in [3.8, 4) is 0 Å². The summed E-state index contributed by atoms with van der Waals surface area (Å²) in [5, 5.41) is 3.79. The number of aromatic nitrogens is 2. The number of aryl methyl sites for hydroxylation is 1. The summed E-state index contributed by atoms with van der Waals surface area (Å²) in [6, 6.07) is 15.1. The Morgan fingerprint density at radius 3 is 2.79 bits per heavy atom. The van der Waals surface area contributed by atoms with Gasteiger partial charge in [0.15, 0.2) is 0 Å². The summed E-state index contributed by atoms with van der Waals surface area (Å²) in [5.41, 5.74) is 3.05. The average Bonchev–Trinajstić information content (AvgIpc) is 3.12. The zero-order valence-electron chi connectivity index (χ0n) is 15.8. The number of carbonyl (C=O) groups is 2. The third-order valence-corrected chi connectivity index (χ3v) is 4.97. The fraction of sp³-hybridized carbons (Fsp3) is 0.273. The van der Waals surface area contributed by atoms with Crippen LogP contribution in [-0.2, 0) is 11.3 Å². The van der Waals surface area contributed by atoms with Crippen molar-refractivity contribution in [1.82, 2.24) is 20.2 Å². The molecule has 3 aromatic rings. The smallest absolute Gasteiger partial charge is 0.255 e. The molecule has 1 saturated heterocycles. The number of amides is 2. The Morgan fingerprint density at radius 1 is 1.21 bits per heavy atom. The van der Waals surface area contributed by atoms with Gasteiger partial charge in [-0.15, -0.1) is 0 Å². The largest absolute Gasteiger partial charge is 0.352 e. The molecule has 1 atom stereocenters. The van der Waals surface area contributed by atoms with Gasteiger partial charge in [0, 0.05) is 36.3 Å². The van der Waals surface area contributed by atoms with E-state index < -0.39 is 0 Å². The summed E-state index contributed by atoms with van der Waals surface area (Å²) in [5.74, 6) is -0.0334. The molecule has 1 aliphatic rings. The molecule has 4 rings (SSSR count). The number of rotatable bonds is 5. The fourth-order valence-electron chi connectivity index (χ4n) is 3.64. The third kappa shape index (κ3) is 3.86. The van der Waals surface area contributed by atoms with Crippen LogP contribution in [0, 0.1) is 6.92 Å². The van der Waals surface area contributed by atoms with Gasteiger partial charge in [0.05, 0.1) is 23.3 Å². The maximum Gasteiger partial charge on any atom is 0.255 e. The lowest BCUT2D eigenvalue weighted by Crippen LogP contribution is -2.41. The molecule has 0 radical (unpaired) electrons. The molecule has 0 aliphatic carbocycles. The van der Waals surface area contributed by atoms with Crippen LogP contribution in [0.15, 0.2) is 54.7 Å². The number of benzene rings is 1. The number of pyridine rings is 2. The van der Waals surface area contributed by atoms with Gasteiger partial charge in [0.2, 0.25) is 5.91 Å². The Kier molecular flexibility index (Phi) is 5.02.